The zero-order valence-electron chi connectivity index (χ0n) is 41.1. The fourth-order valence-corrected chi connectivity index (χ4v) is 12.9. The molecule has 2 saturated heterocycles. The number of likely N-dealkylation sites (tertiary alicyclic amines) is 2. The Morgan fingerprint density at radius 1 is 0.710 bits per heavy atom. The van der Waals surface area contributed by atoms with Crippen LogP contribution in [0, 0.1) is 0 Å². The van der Waals surface area contributed by atoms with Crippen molar-refractivity contribution in [3.63, 3.8) is 0 Å². The van der Waals surface area contributed by atoms with Gasteiger partial charge < -0.3 is 30.9 Å². The summed E-state index contributed by atoms with van der Waals surface area (Å²) >= 11 is 0. The minimum absolute atomic E-state index is 0.128. The molecule has 0 radical (unpaired) electrons. The molecule has 0 bridgehead atoms. The van der Waals surface area contributed by atoms with E-state index in [-0.39, 0.29) is 11.9 Å². The topological polar surface area (TPSA) is 218 Å². The van der Waals surface area contributed by atoms with Crippen LogP contribution in [0.4, 0.5) is 23.3 Å². The summed E-state index contributed by atoms with van der Waals surface area (Å²) in [6.07, 6.45) is 20.4. The predicted molar refractivity (Wildman–Crippen MR) is 276 cm³/mol. The van der Waals surface area contributed by atoms with E-state index in [1.54, 1.807) is 0 Å². The number of nitrogens with zero attached hydrogens (tertiary/aromatic N) is 7. The first-order valence-corrected chi connectivity index (χ1v) is 33.1. The van der Waals surface area contributed by atoms with Crippen LogP contribution in [0.1, 0.15) is 109 Å². The van der Waals surface area contributed by atoms with Gasteiger partial charge in [0.1, 0.15) is 6.73 Å². The van der Waals surface area contributed by atoms with Crippen LogP contribution in [0.15, 0.2) is 22.4 Å². The molecule has 69 heavy (non-hydrogen) atoms. The van der Waals surface area contributed by atoms with Crippen LogP contribution in [-0.2, 0) is 81.9 Å². The van der Waals surface area contributed by atoms with Crippen molar-refractivity contribution in [1.82, 2.24) is 44.5 Å². The van der Waals surface area contributed by atoms with Crippen molar-refractivity contribution in [1.29, 1.82) is 0 Å². The number of sulfonamides is 1. The lowest BCUT2D eigenvalue weighted by Gasteiger charge is -2.18. The molecule has 6 N–H and O–H groups in total. The third-order valence-electron chi connectivity index (χ3n) is 14.2. The van der Waals surface area contributed by atoms with Crippen molar-refractivity contribution in [3.05, 3.63) is 56.6 Å². The van der Waals surface area contributed by atoms with Gasteiger partial charge >= 0.3 is 0 Å². The van der Waals surface area contributed by atoms with Gasteiger partial charge in [-0.2, -0.15) is 9.97 Å². The summed E-state index contributed by atoms with van der Waals surface area (Å²) in [5, 5.41) is 17.1. The van der Waals surface area contributed by atoms with Crippen molar-refractivity contribution < 1.29 is 21.6 Å². The molecule has 4 heterocycles. The smallest absolute Gasteiger partial charge is 0.298 e. The summed E-state index contributed by atoms with van der Waals surface area (Å²) in [5.41, 5.74) is 18.5. The number of H-pyrrole nitrogens is 1. The van der Waals surface area contributed by atoms with Crippen molar-refractivity contribution in [2.45, 2.75) is 158 Å². The summed E-state index contributed by atoms with van der Waals surface area (Å²) in [6, 6.07) is 5.75. The van der Waals surface area contributed by atoms with E-state index in [0.29, 0.717) is 25.0 Å². The second-order valence-electron chi connectivity index (χ2n) is 20.7. The summed E-state index contributed by atoms with van der Waals surface area (Å²) < 4.78 is 58.8. The molecule has 2 aromatic carbocycles. The standard InChI is InChI=1S/C21H30N6O2S.C20H29ClN4O3SSi.C7H16N2/c28-30(29,22-10-5-13-27-11-1-2-12-27)21-24-20(25-26-21)23-19-17-8-3-6-15(17)14-16-7-4-9-18(16)19;1-30(2,3)11-10-28-13-25-19(23-20(24-25)29(21,26)27)22-18-16-8-4-6-14(16)12-15-7-5-9-17(15)18;8-4-3-7-9-5-1-2-6-9/h14,22H,1-13H2,(H2,23,24,25,26);12H,4-11,13H2,1-3H3,(H,22,23,24);1-8H2. The fraction of sp³-hybridized carbons (Fsp3) is 0.667. The fourth-order valence-electron chi connectivity index (χ4n) is 10.6. The first-order valence-electron chi connectivity index (χ1n) is 25.6. The van der Waals surface area contributed by atoms with Gasteiger partial charge in [-0.15, -0.1) is 10.2 Å². The Kier molecular flexibility index (Phi) is 17.6. The maximum Gasteiger partial charge on any atom is 0.298 e. The van der Waals surface area contributed by atoms with Crippen LogP contribution in [0.2, 0.25) is 25.7 Å². The number of aromatic nitrogens is 6. The van der Waals surface area contributed by atoms with Gasteiger partial charge in [-0.1, -0.05) is 31.8 Å². The second kappa shape index (κ2) is 23.4. The van der Waals surface area contributed by atoms with Gasteiger partial charge in [-0.05, 0) is 212 Å². The molecule has 0 unspecified atom stereocenters. The first kappa shape index (κ1) is 51.9. The number of nitrogens with one attached hydrogen (secondary N) is 4. The number of anilines is 4. The van der Waals surface area contributed by atoms with Crippen molar-refractivity contribution in [2.24, 2.45) is 5.73 Å². The third kappa shape index (κ3) is 13.7. The third-order valence-corrected chi connectivity index (χ3v) is 18.2. The molecule has 0 atom stereocenters. The molecular weight excluding hydrogens is 952 g/mol. The first-order chi connectivity index (χ1) is 33.1. The van der Waals surface area contributed by atoms with E-state index in [4.69, 9.17) is 21.2 Å². The highest BCUT2D eigenvalue weighted by molar-refractivity contribution is 8.13. The van der Waals surface area contributed by atoms with Crippen LogP contribution in [0.3, 0.4) is 0 Å². The number of rotatable bonds is 19. The number of benzene rings is 2. The quantitative estimate of drug-likeness (QED) is 0.0365. The number of fused-ring (bicyclic) bond motifs is 4. The van der Waals surface area contributed by atoms with Crippen molar-refractivity contribution in [2.75, 3.05) is 69.6 Å². The second-order valence-corrected chi connectivity index (χ2v) is 30.4. The molecule has 380 valence electrons. The van der Waals surface area contributed by atoms with Gasteiger partial charge in [-0.3, -0.25) is 0 Å². The number of aromatic amines is 1. The van der Waals surface area contributed by atoms with Crippen LogP contribution in [0.25, 0.3) is 0 Å². The number of hydrogen-bond donors (Lipinski definition) is 5. The van der Waals surface area contributed by atoms with E-state index in [1.165, 1.54) is 114 Å². The lowest BCUT2D eigenvalue weighted by Crippen LogP contribution is -2.29. The monoisotopic (exact) mass is 1030 g/mol. The largest absolute Gasteiger partial charge is 0.359 e. The van der Waals surface area contributed by atoms with Gasteiger partial charge in [-0.25, -0.2) is 31.3 Å². The molecule has 2 aliphatic heterocycles. The number of hydrogen-bond acceptors (Lipinski definition) is 14. The molecule has 4 aliphatic carbocycles. The van der Waals surface area contributed by atoms with Crippen LogP contribution in [0.5, 0.6) is 0 Å². The maximum atomic E-state index is 12.6. The molecule has 2 fully saturated rings. The Labute approximate surface area is 415 Å². The number of nitrogens with two attached hydrogens (primary N) is 1. The lowest BCUT2D eigenvalue weighted by atomic mass is 9.99. The number of aryl methyl sites for hydroxylation is 4. The molecule has 0 amide bonds. The lowest BCUT2D eigenvalue weighted by molar-refractivity contribution is 0.0792. The molecule has 0 saturated carbocycles. The molecule has 10 rings (SSSR count). The van der Waals surface area contributed by atoms with Crippen molar-refractivity contribution >= 4 is 61.1 Å². The van der Waals surface area contributed by atoms with E-state index < -0.39 is 32.3 Å². The van der Waals surface area contributed by atoms with E-state index in [0.717, 1.165) is 114 Å². The average Bonchev–Trinajstić information content (AvgIpc) is 4.16. The van der Waals surface area contributed by atoms with Crippen LogP contribution >= 0.6 is 10.7 Å². The van der Waals surface area contributed by atoms with Gasteiger partial charge in [0.25, 0.3) is 29.4 Å². The zero-order chi connectivity index (χ0) is 48.6. The van der Waals surface area contributed by atoms with Crippen LogP contribution < -0.4 is 21.1 Å². The molecule has 2 aromatic heterocycles. The number of halogens is 1. The minimum atomic E-state index is -4.03. The summed E-state index contributed by atoms with van der Waals surface area (Å²) in [6.45, 7) is 15.8. The summed E-state index contributed by atoms with van der Waals surface area (Å²) in [5.74, 6) is 0.679. The molecule has 17 nitrogen and oxygen atoms in total. The highest BCUT2D eigenvalue weighted by Crippen LogP contribution is 2.41. The minimum Gasteiger partial charge on any atom is -0.359 e. The molecule has 6 aliphatic rings. The Morgan fingerprint density at radius 3 is 1.71 bits per heavy atom. The summed E-state index contributed by atoms with van der Waals surface area (Å²) in [7, 11) is -3.42. The predicted octanol–water partition coefficient (Wildman–Crippen LogP) is 6.96. The molecule has 21 heteroatoms. The Hall–Kier alpha value is -3.47. The molecular formula is C48H75ClN12O5S2Si. The van der Waals surface area contributed by atoms with Crippen molar-refractivity contribution in [3.8, 4) is 0 Å². The van der Waals surface area contributed by atoms with Crippen LogP contribution in [-0.4, -0.2) is 124 Å². The SMILES string of the molecule is C[Si](C)(C)CCOCn1nc(S(=O)(=O)Cl)nc1Nc1c2c(cc3c1CCC3)CCC2.NCCCN1CCCC1.O=S(=O)(NCCCN1CCCC1)c1nc(Nc2c3c(cc4c2CCC4)CCC3)n[nH]1. The molecule has 4 aromatic rings. The highest BCUT2D eigenvalue weighted by atomic mass is 35.7. The number of ether oxygens (including phenoxy) is 1. The Morgan fingerprint density at radius 2 is 1.22 bits per heavy atom. The van der Waals surface area contributed by atoms with Gasteiger partial charge in [0, 0.05) is 43.3 Å². The van der Waals surface area contributed by atoms with Gasteiger partial charge in [0.15, 0.2) is 0 Å². The maximum absolute atomic E-state index is 12.6. The van der Waals surface area contributed by atoms with E-state index in [2.05, 4.69) is 82.2 Å². The molecule has 0 spiro atoms. The van der Waals surface area contributed by atoms with E-state index >= 15 is 0 Å². The van der Waals surface area contributed by atoms with Gasteiger partial charge in [0.05, 0.1) is 0 Å². The highest BCUT2D eigenvalue weighted by Gasteiger charge is 2.29. The normalized spacial score (nSPS) is 17.8. The van der Waals surface area contributed by atoms with E-state index in [9.17, 15) is 16.8 Å². The Bertz CT molecular complexity index is 2540. The zero-order valence-corrected chi connectivity index (χ0v) is 44.5. The average molecular weight is 1030 g/mol. The summed E-state index contributed by atoms with van der Waals surface area (Å²) in [4.78, 5) is 13.3. The van der Waals surface area contributed by atoms with E-state index in [1.807, 2.05) is 0 Å². The Balaban J connectivity index is 0.000000158. The van der Waals surface area contributed by atoms with Gasteiger partial charge in [0.2, 0.25) is 11.9 Å².